The van der Waals surface area contributed by atoms with Crippen molar-refractivity contribution in [2.24, 2.45) is 5.92 Å². The standard InChI is InChI=1S/C11H15BrN2O3/c1-6(2)14-9(8(12)5-13-14)11(17)3-7(4-11)10(15)16/h5-7,17H,3-4H2,1-2H3,(H,15,16). The van der Waals surface area contributed by atoms with E-state index in [2.05, 4.69) is 21.0 Å². The number of hydrogen-bond donors (Lipinski definition) is 2. The molecule has 5 nitrogen and oxygen atoms in total. The third-order valence-electron chi connectivity index (χ3n) is 3.20. The summed E-state index contributed by atoms with van der Waals surface area (Å²) < 4.78 is 2.47. The molecule has 2 rings (SSSR count). The Bertz CT molecular complexity index is 450. The van der Waals surface area contributed by atoms with Gasteiger partial charge in [-0.1, -0.05) is 0 Å². The van der Waals surface area contributed by atoms with E-state index in [1.165, 1.54) is 0 Å². The molecule has 94 valence electrons. The minimum atomic E-state index is -1.07. The van der Waals surface area contributed by atoms with E-state index < -0.39 is 17.5 Å². The SMILES string of the molecule is CC(C)n1ncc(Br)c1C1(O)CC(C(=O)O)C1. The van der Waals surface area contributed by atoms with Crippen LogP contribution in [-0.4, -0.2) is 26.0 Å². The molecular weight excluding hydrogens is 288 g/mol. The summed E-state index contributed by atoms with van der Waals surface area (Å²) in [4.78, 5) is 10.8. The Hall–Kier alpha value is -0.880. The first-order valence-electron chi connectivity index (χ1n) is 5.54. The number of aliphatic hydroxyl groups is 1. The number of carboxylic acid groups (broad SMARTS) is 1. The molecule has 17 heavy (non-hydrogen) atoms. The molecule has 1 aliphatic rings. The zero-order valence-corrected chi connectivity index (χ0v) is 11.3. The molecule has 1 aromatic rings. The third kappa shape index (κ3) is 1.99. The summed E-state index contributed by atoms with van der Waals surface area (Å²) in [6.45, 7) is 3.94. The fourth-order valence-electron chi connectivity index (χ4n) is 2.29. The summed E-state index contributed by atoms with van der Waals surface area (Å²) >= 11 is 3.36. The fourth-order valence-corrected chi connectivity index (χ4v) is 2.93. The quantitative estimate of drug-likeness (QED) is 0.894. The summed E-state index contributed by atoms with van der Waals surface area (Å²) in [6, 6.07) is 0.129. The van der Waals surface area contributed by atoms with E-state index in [-0.39, 0.29) is 18.9 Å². The summed E-state index contributed by atoms with van der Waals surface area (Å²) in [5.41, 5.74) is -0.382. The van der Waals surface area contributed by atoms with Crippen molar-refractivity contribution in [3.63, 3.8) is 0 Å². The average molecular weight is 303 g/mol. The maximum absolute atomic E-state index is 10.8. The number of carboxylic acids is 1. The van der Waals surface area contributed by atoms with Gasteiger partial charge in [-0.25, -0.2) is 0 Å². The predicted octanol–water partition coefficient (Wildman–Crippen LogP) is 1.91. The highest BCUT2D eigenvalue weighted by atomic mass is 79.9. The first-order chi connectivity index (χ1) is 7.85. The molecule has 0 unspecified atom stereocenters. The smallest absolute Gasteiger partial charge is 0.306 e. The molecule has 0 bridgehead atoms. The molecule has 6 heteroatoms. The van der Waals surface area contributed by atoms with Crippen LogP contribution < -0.4 is 0 Å². The van der Waals surface area contributed by atoms with Gasteiger partial charge in [-0.3, -0.25) is 9.48 Å². The van der Waals surface area contributed by atoms with E-state index in [4.69, 9.17) is 5.11 Å². The molecule has 0 atom stereocenters. The van der Waals surface area contributed by atoms with Crippen molar-refractivity contribution >= 4 is 21.9 Å². The molecule has 0 spiro atoms. The van der Waals surface area contributed by atoms with Crippen molar-refractivity contribution in [1.82, 2.24) is 9.78 Å². The highest BCUT2D eigenvalue weighted by molar-refractivity contribution is 9.10. The second kappa shape index (κ2) is 4.10. The van der Waals surface area contributed by atoms with Crippen molar-refractivity contribution < 1.29 is 15.0 Å². The van der Waals surface area contributed by atoms with Crippen LogP contribution in [0.4, 0.5) is 0 Å². The maximum Gasteiger partial charge on any atom is 0.306 e. The average Bonchev–Trinajstić information content (AvgIpc) is 2.55. The molecule has 1 aromatic heterocycles. The first kappa shape index (κ1) is 12.6. The Balaban J connectivity index is 2.29. The van der Waals surface area contributed by atoms with Gasteiger partial charge in [0.15, 0.2) is 0 Å². The topological polar surface area (TPSA) is 75.3 Å². The van der Waals surface area contributed by atoms with Crippen LogP contribution in [0.25, 0.3) is 0 Å². The van der Waals surface area contributed by atoms with Crippen molar-refractivity contribution in [3.05, 3.63) is 16.4 Å². The monoisotopic (exact) mass is 302 g/mol. The number of halogens is 1. The first-order valence-corrected chi connectivity index (χ1v) is 6.33. The molecule has 0 amide bonds. The number of carbonyl (C=O) groups is 1. The summed E-state index contributed by atoms with van der Waals surface area (Å²) in [7, 11) is 0. The minimum Gasteiger partial charge on any atom is -0.481 e. The van der Waals surface area contributed by atoms with Gasteiger partial charge >= 0.3 is 5.97 Å². The molecule has 0 saturated heterocycles. The molecule has 0 aromatic carbocycles. The number of nitrogens with zero attached hydrogens (tertiary/aromatic N) is 2. The Morgan fingerprint density at radius 2 is 2.24 bits per heavy atom. The Kier molecular flexibility index (Phi) is 3.03. The number of rotatable bonds is 3. The molecule has 1 aliphatic carbocycles. The summed E-state index contributed by atoms with van der Waals surface area (Å²) in [5.74, 6) is -1.30. The summed E-state index contributed by atoms with van der Waals surface area (Å²) in [5, 5.41) is 23.5. The Morgan fingerprint density at radius 3 is 2.71 bits per heavy atom. The highest BCUT2D eigenvalue weighted by Gasteiger charge is 2.50. The van der Waals surface area contributed by atoms with E-state index in [0.717, 1.165) is 4.47 Å². The van der Waals surface area contributed by atoms with Crippen LogP contribution in [0.1, 0.15) is 38.4 Å². The number of aliphatic carboxylic acids is 1. The number of aromatic nitrogens is 2. The molecular formula is C11H15BrN2O3. The van der Waals surface area contributed by atoms with E-state index in [0.29, 0.717) is 5.69 Å². The lowest BCUT2D eigenvalue weighted by molar-refractivity contribution is -0.160. The molecule has 1 saturated carbocycles. The van der Waals surface area contributed by atoms with E-state index in [9.17, 15) is 9.90 Å². The lowest BCUT2D eigenvalue weighted by Gasteiger charge is -2.42. The zero-order valence-electron chi connectivity index (χ0n) is 9.72. The van der Waals surface area contributed by atoms with Crippen molar-refractivity contribution in [2.75, 3.05) is 0 Å². The Morgan fingerprint density at radius 1 is 1.65 bits per heavy atom. The van der Waals surface area contributed by atoms with Gasteiger partial charge in [-0.15, -0.1) is 0 Å². The lowest BCUT2D eigenvalue weighted by atomic mass is 9.69. The van der Waals surface area contributed by atoms with Crippen molar-refractivity contribution in [2.45, 2.75) is 38.3 Å². The predicted molar refractivity (Wildman–Crippen MR) is 64.6 cm³/mol. The third-order valence-corrected chi connectivity index (χ3v) is 3.78. The second-order valence-electron chi connectivity index (χ2n) is 4.85. The van der Waals surface area contributed by atoms with Gasteiger partial charge in [0, 0.05) is 6.04 Å². The van der Waals surface area contributed by atoms with E-state index in [1.54, 1.807) is 10.9 Å². The van der Waals surface area contributed by atoms with Gasteiger partial charge < -0.3 is 10.2 Å². The zero-order chi connectivity index (χ0) is 12.8. The van der Waals surface area contributed by atoms with Gasteiger partial charge in [0.1, 0.15) is 5.60 Å². The van der Waals surface area contributed by atoms with Crippen LogP contribution in [0.3, 0.4) is 0 Å². The van der Waals surface area contributed by atoms with Gasteiger partial charge in [0.2, 0.25) is 0 Å². The molecule has 1 heterocycles. The van der Waals surface area contributed by atoms with E-state index >= 15 is 0 Å². The minimum absolute atomic E-state index is 0.129. The molecule has 0 radical (unpaired) electrons. The van der Waals surface area contributed by atoms with Crippen LogP contribution in [0, 0.1) is 5.92 Å². The molecule has 1 fully saturated rings. The second-order valence-corrected chi connectivity index (χ2v) is 5.71. The van der Waals surface area contributed by atoms with Crippen LogP contribution in [-0.2, 0) is 10.4 Å². The van der Waals surface area contributed by atoms with Crippen molar-refractivity contribution in [3.8, 4) is 0 Å². The van der Waals surface area contributed by atoms with Crippen LogP contribution >= 0.6 is 15.9 Å². The van der Waals surface area contributed by atoms with Gasteiger partial charge in [-0.05, 0) is 42.6 Å². The lowest BCUT2D eigenvalue weighted by Crippen LogP contribution is -2.46. The van der Waals surface area contributed by atoms with Crippen LogP contribution in [0.15, 0.2) is 10.7 Å². The fraction of sp³-hybridized carbons (Fsp3) is 0.636. The molecule has 2 N–H and O–H groups in total. The van der Waals surface area contributed by atoms with Gasteiger partial charge in [0.05, 0.1) is 22.3 Å². The largest absolute Gasteiger partial charge is 0.481 e. The Labute approximate surface area is 108 Å². The summed E-state index contributed by atoms with van der Waals surface area (Å²) in [6.07, 6.45) is 2.14. The highest BCUT2D eigenvalue weighted by Crippen LogP contribution is 2.48. The number of hydrogen-bond acceptors (Lipinski definition) is 3. The maximum atomic E-state index is 10.8. The van der Waals surface area contributed by atoms with E-state index in [1.807, 2.05) is 13.8 Å². The van der Waals surface area contributed by atoms with Crippen LogP contribution in [0.5, 0.6) is 0 Å². The van der Waals surface area contributed by atoms with Gasteiger partial charge in [-0.2, -0.15) is 5.10 Å². The van der Waals surface area contributed by atoms with Crippen molar-refractivity contribution in [1.29, 1.82) is 0 Å². The van der Waals surface area contributed by atoms with Gasteiger partial charge in [0.25, 0.3) is 0 Å². The normalized spacial score (nSPS) is 28.2. The van der Waals surface area contributed by atoms with Crippen LogP contribution in [0.2, 0.25) is 0 Å². The molecule has 0 aliphatic heterocycles.